The highest BCUT2D eigenvalue weighted by atomic mass is 16.2. The molecule has 0 saturated carbocycles. The summed E-state index contributed by atoms with van der Waals surface area (Å²) in [7, 11) is 0. The van der Waals surface area contributed by atoms with Crippen LogP contribution in [0.5, 0.6) is 0 Å². The predicted molar refractivity (Wildman–Crippen MR) is 95.4 cm³/mol. The second kappa shape index (κ2) is 8.83. The van der Waals surface area contributed by atoms with Gasteiger partial charge in [0.15, 0.2) is 0 Å². The summed E-state index contributed by atoms with van der Waals surface area (Å²) >= 11 is 0. The molecule has 1 heterocycles. The number of likely N-dealkylation sites (tertiary alicyclic amines) is 1. The van der Waals surface area contributed by atoms with Crippen LogP contribution < -0.4 is 11.1 Å². The van der Waals surface area contributed by atoms with Gasteiger partial charge in [-0.05, 0) is 36.7 Å². The Morgan fingerprint density at radius 3 is 2.58 bits per heavy atom. The number of hydrogen-bond acceptors (Lipinski definition) is 3. The zero-order chi connectivity index (χ0) is 17.5. The van der Waals surface area contributed by atoms with E-state index >= 15 is 0 Å². The molecule has 1 aromatic rings. The second-order valence-corrected chi connectivity index (χ2v) is 6.91. The van der Waals surface area contributed by atoms with Gasteiger partial charge in [-0.15, -0.1) is 0 Å². The van der Waals surface area contributed by atoms with E-state index in [4.69, 9.17) is 5.73 Å². The Hall–Kier alpha value is -1.88. The first-order valence-corrected chi connectivity index (χ1v) is 8.85. The summed E-state index contributed by atoms with van der Waals surface area (Å²) in [5.74, 6) is 0.293. The van der Waals surface area contributed by atoms with Crippen LogP contribution in [-0.2, 0) is 9.59 Å². The zero-order valence-electron chi connectivity index (χ0n) is 14.7. The maximum Gasteiger partial charge on any atom is 0.241 e. The topological polar surface area (TPSA) is 75.4 Å². The average Bonchev–Trinajstić information content (AvgIpc) is 2.85. The van der Waals surface area contributed by atoms with Gasteiger partial charge in [-0.2, -0.15) is 0 Å². The normalized spacial score (nSPS) is 19.7. The van der Waals surface area contributed by atoms with E-state index in [0.717, 1.165) is 32.4 Å². The van der Waals surface area contributed by atoms with Gasteiger partial charge in [0.25, 0.3) is 0 Å². The van der Waals surface area contributed by atoms with E-state index in [0.29, 0.717) is 5.92 Å². The summed E-state index contributed by atoms with van der Waals surface area (Å²) in [6.07, 6.45) is 3.05. The summed E-state index contributed by atoms with van der Waals surface area (Å²) in [5, 5.41) is 2.67. The van der Waals surface area contributed by atoms with Crippen molar-refractivity contribution in [2.75, 3.05) is 19.6 Å². The standard InChI is InChI=1S/C19H29N3O2/c1-14(2)18(20)19(24)21-13-17(23)22-11-6-9-16(10-12-22)15-7-4-3-5-8-15/h3-5,7-8,14,16,18H,6,9-13,20H2,1-2H3,(H,21,24)/t16?,18-/m0/s1. The Labute approximate surface area is 144 Å². The maximum atomic E-state index is 12.4. The van der Waals surface area contributed by atoms with E-state index in [9.17, 15) is 9.59 Å². The Morgan fingerprint density at radius 1 is 1.21 bits per heavy atom. The van der Waals surface area contributed by atoms with Gasteiger partial charge < -0.3 is 16.0 Å². The molecule has 5 heteroatoms. The Bertz CT molecular complexity index is 545. The van der Waals surface area contributed by atoms with Crippen molar-refractivity contribution in [1.29, 1.82) is 0 Å². The first kappa shape index (κ1) is 18.5. The minimum atomic E-state index is -0.565. The summed E-state index contributed by atoms with van der Waals surface area (Å²) < 4.78 is 0. The molecule has 1 aliphatic heterocycles. The molecule has 2 rings (SSSR count). The summed E-state index contributed by atoms with van der Waals surface area (Å²) in [5.41, 5.74) is 7.15. The molecule has 0 bridgehead atoms. The van der Waals surface area contributed by atoms with Gasteiger partial charge >= 0.3 is 0 Å². The van der Waals surface area contributed by atoms with Gasteiger partial charge in [-0.3, -0.25) is 9.59 Å². The second-order valence-electron chi connectivity index (χ2n) is 6.91. The van der Waals surface area contributed by atoms with Gasteiger partial charge in [-0.25, -0.2) is 0 Å². The van der Waals surface area contributed by atoms with Crippen molar-refractivity contribution >= 4 is 11.8 Å². The van der Waals surface area contributed by atoms with Crippen LogP contribution in [0.3, 0.4) is 0 Å². The third kappa shape index (κ3) is 5.06. The average molecular weight is 331 g/mol. The number of benzene rings is 1. The van der Waals surface area contributed by atoms with Crippen molar-refractivity contribution in [2.45, 2.75) is 45.1 Å². The number of nitrogens with one attached hydrogen (secondary N) is 1. The lowest BCUT2D eigenvalue weighted by Crippen LogP contribution is -2.48. The number of nitrogens with zero attached hydrogens (tertiary/aromatic N) is 1. The van der Waals surface area contributed by atoms with E-state index in [1.165, 1.54) is 5.56 Å². The molecule has 2 amide bonds. The molecule has 0 spiro atoms. The molecule has 2 atom stereocenters. The third-order valence-corrected chi connectivity index (χ3v) is 4.79. The number of amides is 2. The summed E-state index contributed by atoms with van der Waals surface area (Å²) in [6.45, 7) is 5.32. The van der Waals surface area contributed by atoms with Crippen LogP contribution in [0.2, 0.25) is 0 Å². The molecule has 1 fully saturated rings. The van der Waals surface area contributed by atoms with E-state index in [2.05, 4.69) is 29.6 Å². The van der Waals surface area contributed by atoms with Crippen LogP contribution in [0.15, 0.2) is 30.3 Å². The molecular weight excluding hydrogens is 302 g/mol. The highest BCUT2D eigenvalue weighted by Crippen LogP contribution is 2.27. The van der Waals surface area contributed by atoms with Crippen LogP contribution in [0.4, 0.5) is 0 Å². The monoisotopic (exact) mass is 331 g/mol. The first-order valence-electron chi connectivity index (χ1n) is 8.85. The lowest BCUT2D eigenvalue weighted by molar-refractivity contribution is -0.133. The molecule has 3 N–H and O–H groups in total. The van der Waals surface area contributed by atoms with Crippen molar-refractivity contribution < 1.29 is 9.59 Å². The fourth-order valence-corrected chi connectivity index (χ4v) is 3.10. The molecule has 24 heavy (non-hydrogen) atoms. The zero-order valence-corrected chi connectivity index (χ0v) is 14.7. The van der Waals surface area contributed by atoms with Crippen LogP contribution >= 0.6 is 0 Å². The molecule has 1 aliphatic rings. The minimum Gasteiger partial charge on any atom is -0.346 e. The molecule has 0 aromatic heterocycles. The molecule has 1 aromatic carbocycles. The summed E-state index contributed by atoms with van der Waals surface area (Å²) in [4.78, 5) is 26.1. The smallest absolute Gasteiger partial charge is 0.241 e. The van der Waals surface area contributed by atoms with Gasteiger partial charge in [0, 0.05) is 13.1 Å². The van der Waals surface area contributed by atoms with Crippen molar-refractivity contribution in [3.05, 3.63) is 35.9 Å². The highest BCUT2D eigenvalue weighted by molar-refractivity contribution is 5.87. The maximum absolute atomic E-state index is 12.4. The van der Waals surface area contributed by atoms with Crippen LogP contribution in [0, 0.1) is 5.92 Å². The van der Waals surface area contributed by atoms with Crippen LogP contribution in [-0.4, -0.2) is 42.4 Å². The van der Waals surface area contributed by atoms with Crippen molar-refractivity contribution in [3.63, 3.8) is 0 Å². The molecular formula is C19H29N3O2. The lowest BCUT2D eigenvalue weighted by atomic mass is 9.92. The number of carbonyl (C=O) groups excluding carboxylic acids is 2. The SMILES string of the molecule is CC(C)[C@H](N)C(=O)NCC(=O)N1CCCC(c2ccccc2)CC1. The molecule has 132 valence electrons. The van der Waals surface area contributed by atoms with E-state index in [1.807, 2.05) is 24.8 Å². The van der Waals surface area contributed by atoms with Crippen LogP contribution in [0.1, 0.15) is 44.6 Å². The van der Waals surface area contributed by atoms with Gasteiger partial charge in [0.05, 0.1) is 12.6 Å². The van der Waals surface area contributed by atoms with Crippen LogP contribution in [0.25, 0.3) is 0 Å². The van der Waals surface area contributed by atoms with Gasteiger partial charge in [0.2, 0.25) is 11.8 Å². The Morgan fingerprint density at radius 2 is 1.92 bits per heavy atom. The van der Waals surface area contributed by atoms with E-state index < -0.39 is 6.04 Å². The van der Waals surface area contributed by atoms with E-state index in [1.54, 1.807) is 0 Å². The molecule has 5 nitrogen and oxygen atoms in total. The van der Waals surface area contributed by atoms with Crippen molar-refractivity contribution in [2.24, 2.45) is 11.7 Å². The predicted octanol–water partition coefficient (Wildman–Crippen LogP) is 1.88. The first-order chi connectivity index (χ1) is 11.5. The largest absolute Gasteiger partial charge is 0.346 e. The molecule has 1 unspecified atom stereocenters. The molecule has 1 saturated heterocycles. The lowest BCUT2D eigenvalue weighted by Gasteiger charge is -2.22. The Kier molecular flexibility index (Phi) is 6.79. The number of nitrogens with two attached hydrogens (primary N) is 1. The fourth-order valence-electron chi connectivity index (χ4n) is 3.10. The van der Waals surface area contributed by atoms with Crippen molar-refractivity contribution in [3.8, 4) is 0 Å². The quantitative estimate of drug-likeness (QED) is 0.865. The molecule has 0 radical (unpaired) electrons. The highest BCUT2D eigenvalue weighted by Gasteiger charge is 2.23. The van der Waals surface area contributed by atoms with Crippen molar-refractivity contribution in [1.82, 2.24) is 10.2 Å². The number of carbonyl (C=O) groups is 2. The summed E-state index contributed by atoms with van der Waals surface area (Å²) in [6, 6.07) is 9.92. The van der Waals surface area contributed by atoms with Gasteiger partial charge in [-0.1, -0.05) is 44.2 Å². The third-order valence-electron chi connectivity index (χ3n) is 4.79. The Balaban J connectivity index is 1.83. The minimum absolute atomic E-state index is 0.0204. The number of hydrogen-bond donors (Lipinski definition) is 2. The number of rotatable bonds is 5. The van der Waals surface area contributed by atoms with E-state index in [-0.39, 0.29) is 24.3 Å². The molecule has 0 aliphatic carbocycles. The van der Waals surface area contributed by atoms with Gasteiger partial charge in [0.1, 0.15) is 0 Å². The fraction of sp³-hybridized carbons (Fsp3) is 0.579.